The Morgan fingerprint density at radius 2 is 1.88 bits per heavy atom. The molecule has 0 unspecified atom stereocenters. The van der Waals surface area contributed by atoms with Crippen molar-refractivity contribution >= 4 is 34.0 Å². The van der Waals surface area contributed by atoms with Crippen LogP contribution in [-0.4, -0.2) is 10.9 Å². The van der Waals surface area contributed by atoms with Crippen LogP contribution in [0, 0.1) is 0 Å². The van der Waals surface area contributed by atoms with Crippen molar-refractivity contribution in [2.45, 2.75) is 32.6 Å². The van der Waals surface area contributed by atoms with E-state index in [0.717, 1.165) is 21.9 Å². The molecule has 5 heteroatoms. The van der Waals surface area contributed by atoms with Crippen LogP contribution < -0.4 is 5.32 Å². The largest absolute Gasteiger partial charge is 0.298 e. The van der Waals surface area contributed by atoms with E-state index < -0.39 is 0 Å². The van der Waals surface area contributed by atoms with Crippen LogP contribution in [0.5, 0.6) is 0 Å². The van der Waals surface area contributed by atoms with E-state index in [2.05, 4.69) is 31.1 Å². The van der Waals surface area contributed by atoms with E-state index in [9.17, 15) is 4.79 Å². The summed E-state index contributed by atoms with van der Waals surface area (Å²) in [7, 11) is 0. The second kappa shape index (κ2) is 7.60. The summed E-state index contributed by atoms with van der Waals surface area (Å²) in [5, 5.41) is 4.20. The molecule has 0 spiro atoms. The Balaban J connectivity index is 1.66. The lowest BCUT2D eigenvalue weighted by Crippen LogP contribution is -2.14. The van der Waals surface area contributed by atoms with Crippen LogP contribution in [-0.2, 0) is 11.8 Å². The van der Waals surface area contributed by atoms with Gasteiger partial charge in [-0.25, -0.2) is 4.98 Å². The lowest BCUT2D eigenvalue weighted by Gasteiger charge is -2.18. The predicted molar refractivity (Wildman–Crippen MR) is 109 cm³/mol. The molecule has 1 N–H and O–H groups in total. The van der Waals surface area contributed by atoms with E-state index >= 15 is 0 Å². The summed E-state index contributed by atoms with van der Waals surface area (Å²) in [6, 6.07) is 15.5. The van der Waals surface area contributed by atoms with Crippen LogP contribution in [0.15, 0.2) is 54.7 Å². The molecule has 0 aliphatic rings. The van der Waals surface area contributed by atoms with Crippen molar-refractivity contribution < 1.29 is 4.79 Å². The van der Waals surface area contributed by atoms with Crippen molar-refractivity contribution in [3.05, 3.63) is 81.3 Å². The highest BCUT2D eigenvalue weighted by Crippen LogP contribution is 2.24. The number of amides is 1. The van der Waals surface area contributed by atoms with Crippen molar-refractivity contribution in [1.82, 2.24) is 4.98 Å². The molecule has 3 aromatic rings. The maximum absolute atomic E-state index is 12.4. The van der Waals surface area contributed by atoms with E-state index in [4.69, 9.17) is 11.6 Å². The molecule has 0 fully saturated rings. The maximum Gasteiger partial charge on any atom is 0.257 e. The summed E-state index contributed by atoms with van der Waals surface area (Å²) in [6.45, 7) is 6.46. The Hall–Kier alpha value is -2.17. The number of hydrogen-bond donors (Lipinski definition) is 1. The molecule has 0 saturated carbocycles. The van der Waals surface area contributed by atoms with Crippen LogP contribution in [0.4, 0.5) is 5.13 Å². The van der Waals surface area contributed by atoms with Gasteiger partial charge in [0.2, 0.25) is 0 Å². The van der Waals surface area contributed by atoms with Gasteiger partial charge in [-0.15, -0.1) is 11.3 Å². The number of aromatic nitrogens is 1. The fraction of sp³-hybridized carbons (Fsp3) is 0.238. The number of carbonyl (C=O) groups is 1. The third-order valence-corrected chi connectivity index (χ3v) is 5.20. The second-order valence-corrected chi connectivity index (χ2v) is 8.77. The van der Waals surface area contributed by atoms with Gasteiger partial charge in [-0.05, 0) is 40.8 Å². The number of nitrogens with one attached hydrogen (secondary N) is 1. The van der Waals surface area contributed by atoms with Crippen molar-refractivity contribution in [3.63, 3.8) is 0 Å². The van der Waals surface area contributed by atoms with Gasteiger partial charge in [0.05, 0.1) is 0 Å². The number of benzene rings is 2. The smallest absolute Gasteiger partial charge is 0.257 e. The van der Waals surface area contributed by atoms with Crippen molar-refractivity contribution in [1.29, 1.82) is 0 Å². The molecule has 0 radical (unpaired) electrons. The normalized spacial score (nSPS) is 11.4. The van der Waals surface area contributed by atoms with Crippen LogP contribution in [0.25, 0.3) is 0 Å². The lowest BCUT2D eigenvalue weighted by atomic mass is 9.87. The van der Waals surface area contributed by atoms with E-state index in [1.165, 1.54) is 16.9 Å². The second-order valence-electron chi connectivity index (χ2n) is 7.22. The van der Waals surface area contributed by atoms with Crippen LogP contribution in [0.2, 0.25) is 5.02 Å². The number of carbonyl (C=O) groups excluding carboxylic acids is 1. The third kappa shape index (κ3) is 4.71. The zero-order valence-electron chi connectivity index (χ0n) is 15.0. The number of anilines is 1. The van der Waals surface area contributed by atoms with Gasteiger partial charge < -0.3 is 0 Å². The fourth-order valence-corrected chi connectivity index (χ4v) is 3.64. The number of nitrogens with zero attached hydrogens (tertiary/aromatic N) is 1. The van der Waals surface area contributed by atoms with Gasteiger partial charge in [-0.2, -0.15) is 0 Å². The first-order chi connectivity index (χ1) is 12.3. The Morgan fingerprint density at radius 1 is 1.15 bits per heavy atom. The average Bonchev–Trinajstić information content (AvgIpc) is 3.01. The van der Waals surface area contributed by atoms with Crippen molar-refractivity contribution in [2.75, 3.05) is 5.32 Å². The summed E-state index contributed by atoms with van der Waals surface area (Å²) in [5.74, 6) is -0.144. The minimum atomic E-state index is -0.144. The van der Waals surface area contributed by atoms with Gasteiger partial charge in [-0.1, -0.05) is 56.6 Å². The third-order valence-electron chi connectivity index (χ3n) is 4.05. The highest BCUT2D eigenvalue weighted by molar-refractivity contribution is 7.15. The van der Waals surface area contributed by atoms with Gasteiger partial charge >= 0.3 is 0 Å². The molecule has 134 valence electrons. The summed E-state index contributed by atoms with van der Waals surface area (Å²) >= 11 is 7.50. The minimum absolute atomic E-state index is 0.0690. The van der Waals surface area contributed by atoms with Crippen LogP contribution >= 0.6 is 22.9 Å². The molecule has 3 rings (SSSR count). The highest BCUT2D eigenvalue weighted by Gasteiger charge is 2.15. The molecule has 0 aliphatic heterocycles. The molecular weight excluding hydrogens is 364 g/mol. The van der Waals surface area contributed by atoms with E-state index in [1.807, 2.05) is 48.5 Å². The average molecular weight is 385 g/mol. The molecule has 1 heterocycles. The summed E-state index contributed by atoms with van der Waals surface area (Å²) in [4.78, 5) is 17.8. The standard InChI is InChI=1S/C21H21ClN2OS/c1-21(2,3)16-9-7-15(8-10-16)19(25)24-20-23-13-18(26-20)12-14-5-4-6-17(22)11-14/h4-11,13H,12H2,1-3H3,(H,23,24,25). The highest BCUT2D eigenvalue weighted by atomic mass is 35.5. The van der Waals surface area contributed by atoms with Crippen molar-refractivity contribution in [2.24, 2.45) is 0 Å². The number of halogens is 1. The summed E-state index contributed by atoms with van der Waals surface area (Å²) in [6.07, 6.45) is 2.54. The molecule has 1 aromatic heterocycles. The first kappa shape index (κ1) is 18.6. The molecule has 0 bridgehead atoms. The summed E-state index contributed by atoms with van der Waals surface area (Å²) < 4.78 is 0. The van der Waals surface area contributed by atoms with E-state index in [0.29, 0.717) is 10.7 Å². The van der Waals surface area contributed by atoms with E-state index in [1.54, 1.807) is 6.20 Å². The molecule has 1 amide bonds. The zero-order valence-corrected chi connectivity index (χ0v) is 16.6. The monoisotopic (exact) mass is 384 g/mol. The molecule has 0 saturated heterocycles. The number of thiazole rings is 1. The molecule has 26 heavy (non-hydrogen) atoms. The Bertz CT molecular complexity index is 910. The molecule has 3 nitrogen and oxygen atoms in total. The Morgan fingerprint density at radius 3 is 2.54 bits per heavy atom. The fourth-order valence-electron chi connectivity index (χ4n) is 2.59. The van der Waals surface area contributed by atoms with Gasteiger partial charge in [0.25, 0.3) is 5.91 Å². The molecule has 0 aliphatic carbocycles. The lowest BCUT2D eigenvalue weighted by molar-refractivity contribution is 0.102. The van der Waals surface area contributed by atoms with Gasteiger partial charge in [-0.3, -0.25) is 10.1 Å². The molecular formula is C21H21ClN2OS. The number of hydrogen-bond acceptors (Lipinski definition) is 3. The molecule has 2 aromatic carbocycles. The number of rotatable bonds is 4. The van der Waals surface area contributed by atoms with Gasteiger partial charge in [0, 0.05) is 28.1 Å². The van der Waals surface area contributed by atoms with Crippen LogP contribution in [0.3, 0.4) is 0 Å². The summed E-state index contributed by atoms with van der Waals surface area (Å²) in [5.41, 5.74) is 3.02. The minimum Gasteiger partial charge on any atom is -0.298 e. The Labute approximate surface area is 163 Å². The quantitative estimate of drug-likeness (QED) is 0.605. The maximum atomic E-state index is 12.4. The first-order valence-electron chi connectivity index (χ1n) is 8.42. The van der Waals surface area contributed by atoms with Crippen molar-refractivity contribution in [3.8, 4) is 0 Å². The Kier molecular flexibility index (Phi) is 5.44. The van der Waals surface area contributed by atoms with Gasteiger partial charge in [0.15, 0.2) is 5.13 Å². The van der Waals surface area contributed by atoms with E-state index in [-0.39, 0.29) is 11.3 Å². The zero-order chi connectivity index (χ0) is 18.7. The molecule has 0 atom stereocenters. The SMILES string of the molecule is CC(C)(C)c1ccc(C(=O)Nc2ncc(Cc3cccc(Cl)c3)s2)cc1. The topological polar surface area (TPSA) is 42.0 Å². The van der Waals surface area contributed by atoms with Gasteiger partial charge in [0.1, 0.15) is 0 Å². The first-order valence-corrected chi connectivity index (χ1v) is 9.62. The van der Waals surface area contributed by atoms with Crippen LogP contribution in [0.1, 0.15) is 47.1 Å². The predicted octanol–water partition coefficient (Wildman–Crippen LogP) is 5.94.